The molecule has 0 spiro atoms. The smallest absolute Gasteiger partial charge is 0.306 e. The van der Waals surface area contributed by atoms with Crippen LogP contribution in [0.1, 0.15) is 297 Å². The third-order valence-corrected chi connectivity index (χ3v) is 12.2. The largest absolute Gasteiger partial charge is 0.462 e. The highest BCUT2D eigenvalue weighted by Crippen LogP contribution is 2.16. The lowest BCUT2D eigenvalue weighted by Gasteiger charge is -2.18. The number of rotatable bonds is 50. The van der Waals surface area contributed by atoms with Crippen LogP contribution in [0.15, 0.2) is 24.3 Å². The van der Waals surface area contributed by atoms with Crippen LogP contribution in [0.25, 0.3) is 0 Å². The summed E-state index contributed by atoms with van der Waals surface area (Å²) in [6.45, 7) is 6.65. The predicted molar refractivity (Wildman–Crippen MR) is 266 cm³/mol. The van der Waals surface area contributed by atoms with Crippen molar-refractivity contribution in [3.63, 3.8) is 0 Å². The standard InChI is InChI=1S/C56H104O6/c1-4-7-10-13-16-19-22-25-28-31-34-37-40-43-46-49-55(58)61-52-53(51-60-54(57)48-45-42-39-36-33-30-27-24-21-18-15-12-9-6-3)62-56(59)50-47-44-41-38-35-32-29-26-23-20-17-14-11-8-5-2/h24-25,27-28,53H,4-23,26,29-52H2,1-3H3/b27-24-,28-25-. The van der Waals surface area contributed by atoms with Crippen molar-refractivity contribution in [1.82, 2.24) is 0 Å². The van der Waals surface area contributed by atoms with Crippen molar-refractivity contribution >= 4 is 17.9 Å². The average molecular weight is 873 g/mol. The SMILES string of the molecule is CCCCCCC/C=C\CCCCCCCC(=O)OCC(COC(=O)CCCCCCC/C=C\CCCCCCCC)OC(=O)CCCCCCCCCCCCCCCCC. The van der Waals surface area contributed by atoms with Crippen molar-refractivity contribution in [3.8, 4) is 0 Å². The minimum absolute atomic E-state index is 0.0743. The van der Waals surface area contributed by atoms with Crippen molar-refractivity contribution < 1.29 is 28.6 Å². The second kappa shape index (κ2) is 51.5. The fraction of sp³-hybridized carbons (Fsp3) is 0.875. The number of allylic oxidation sites excluding steroid dienone is 4. The van der Waals surface area contributed by atoms with Gasteiger partial charge in [0.2, 0.25) is 0 Å². The van der Waals surface area contributed by atoms with E-state index in [2.05, 4.69) is 45.1 Å². The fourth-order valence-electron chi connectivity index (χ4n) is 8.02. The molecule has 0 saturated heterocycles. The zero-order chi connectivity index (χ0) is 45.1. The van der Waals surface area contributed by atoms with Gasteiger partial charge in [0.05, 0.1) is 0 Å². The van der Waals surface area contributed by atoms with Crippen molar-refractivity contribution in [3.05, 3.63) is 24.3 Å². The molecule has 1 atom stereocenters. The molecule has 364 valence electrons. The van der Waals surface area contributed by atoms with Gasteiger partial charge in [-0.2, -0.15) is 0 Å². The summed E-state index contributed by atoms with van der Waals surface area (Å²) in [7, 11) is 0. The van der Waals surface area contributed by atoms with Crippen LogP contribution in [-0.2, 0) is 28.6 Å². The van der Waals surface area contributed by atoms with Gasteiger partial charge in [0.15, 0.2) is 6.10 Å². The van der Waals surface area contributed by atoms with Crippen molar-refractivity contribution in [2.45, 2.75) is 303 Å². The Bertz CT molecular complexity index is 1000. The molecular formula is C56H104O6. The second-order valence-corrected chi connectivity index (χ2v) is 18.5. The van der Waals surface area contributed by atoms with Gasteiger partial charge < -0.3 is 14.2 Å². The molecule has 0 radical (unpaired) electrons. The Kier molecular flexibility index (Phi) is 49.8. The quantitative estimate of drug-likeness (QED) is 0.0262. The molecule has 0 rings (SSSR count). The van der Waals surface area contributed by atoms with Gasteiger partial charge in [-0.25, -0.2) is 0 Å². The summed E-state index contributed by atoms with van der Waals surface area (Å²) in [4.78, 5) is 38.0. The highest BCUT2D eigenvalue weighted by Gasteiger charge is 2.19. The minimum atomic E-state index is -0.773. The zero-order valence-corrected chi connectivity index (χ0v) is 41.7. The molecule has 0 aliphatic carbocycles. The maximum absolute atomic E-state index is 12.8. The van der Waals surface area contributed by atoms with E-state index in [0.717, 1.165) is 70.6 Å². The molecule has 6 heteroatoms. The van der Waals surface area contributed by atoms with Gasteiger partial charge in [-0.1, -0.05) is 231 Å². The van der Waals surface area contributed by atoms with Crippen LogP contribution in [0.4, 0.5) is 0 Å². The van der Waals surface area contributed by atoms with Crippen molar-refractivity contribution in [2.24, 2.45) is 0 Å². The first-order valence-corrected chi connectivity index (χ1v) is 27.3. The summed E-state index contributed by atoms with van der Waals surface area (Å²) in [5.41, 5.74) is 0. The van der Waals surface area contributed by atoms with Crippen LogP contribution in [0.3, 0.4) is 0 Å². The molecule has 0 aliphatic heterocycles. The molecule has 0 aliphatic rings. The highest BCUT2D eigenvalue weighted by atomic mass is 16.6. The number of carbonyl (C=O) groups is 3. The summed E-state index contributed by atoms with van der Waals surface area (Å²) in [6, 6.07) is 0. The topological polar surface area (TPSA) is 78.9 Å². The molecule has 0 saturated carbocycles. The molecule has 0 aromatic heterocycles. The lowest BCUT2D eigenvalue weighted by molar-refractivity contribution is -0.167. The van der Waals surface area contributed by atoms with E-state index in [1.54, 1.807) is 0 Å². The molecule has 0 N–H and O–H groups in total. The normalized spacial score (nSPS) is 12.1. The maximum atomic E-state index is 12.8. The molecule has 62 heavy (non-hydrogen) atoms. The minimum Gasteiger partial charge on any atom is -0.462 e. The average Bonchev–Trinajstić information content (AvgIpc) is 3.27. The van der Waals surface area contributed by atoms with E-state index in [1.807, 2.05) is 0 Å². The van der Waals surface area contributed by atoms with E-state index in [0.29, 0.717) is 19.3 Å². The molecule has 0 heterocycles. The van der Waals surface area contributed by atoms with E-state index >= 15 is 0 Å². The molecule has 6 nitrogen and oxygen atoms in total. The molecule has 0 fully saturated rings. The summed E-state index contributed by atoms with van der Waals surface area (Å²) < 4.78 is 16.8. The van der Waals surface area contributed by atoms with Gasteiger partial charge in [0.1, 0.15) is 13.2 Å². The van der Waals surface area contributed by atoms with Crippen LogP contribution in [0, 0.1) is 0 Å². The van der Waals surface area contributed by atoms with Crippen LogP contribution < -0.4 is 0 Å². The van der Waals surface area contributed by atoms with Gasteiger partial charge in [-0.15, -0.1) is 0 Å². The van der Waals surface area contributed by atoms with Crippen LogP contribution >= 0.6 is 0 Å². The third-order valence-electron chi connectivity index (χ3n) is 12.2. The van der Waals surface area contributed by atoms with E-state index < -0.39 is 6.10 Å². The predicted octanol–water partition coefficient (Wildman–Crippen LogP) is 17.9. The van der Waals surface area contributed by atoms with E-state index in [1.165, 1.54) is 186 Å². The lowest BCUT2D eigenvalue weighted by atomic mass is 10.0. The Morgan fingerprint density at radius 3 is 0.806 bits per heavy atom. The number of unbranched alkanes of at least 4 members (excludes halogenated alkanes) is 35. The molecule has 1 unspecified atom stereocenters. The molecule has 0 bridgehead atoms. The number of ether oxygens (including phenoxy) is 3. The molecule has 0 amide bonds. The Balaban J connectivity index is 4.36. The molecule has 0 aromatic rings. The lowest BCUT2D eigenvalue weighted by Crippen LogP contribution is -2.30. The van der Waals surface area contributed by atoms with Crippen LogP contribution in [0.5, 0.6) is 0 Å². The summed E-state index contributed by atoms with van der Waals surface area (Å²) in [5.74, 6) is -0.874. The van der Waals surface area contributed by atoms with Gasteiger partial charge in [0.25, 0.3) is 0 Å². The Morgan fingerprint density at radius 2 is 0.532 bits per heavy atom. The number of hydrogen-bond acceptors (Lipinski definition) is 6. The van der Waals surface area contributed by atoms with Gasteiger partial charge in [-0.05, 0) is 70.6 Å². The fourth-order valence-corrected chi connectivity index (χ4v) is 8.02. The first-order valence-electron chi connectivity index (χ1n) is 27.3. The van der Waals surface area contributed by atoms with E-state index in [-0.39, 0.29) is 31.1 Å². The number of hydrogen-bond donors (Lipinski definition) is 0. The highest BCUT2D eigenvalue weighted by molar-refractivity contribution is 5.71. The first-order chi connectivity index (χ1) is 30.5. The molecular weight excluding hydrogens is 769 g/mol. The summed E-state index contributed by atoms with van der Waals surface area (Å²) in [6.07, 6.45) is 58.7. The number of esters is 3. The van der Waals surface area contributed by atoms with Crippen molar-refractivity contribution in [2.75, 3.05) is 13.2 Å². The maximum Gasteiger partial charge on any atom is 0.306 e. The van der Waals surface area contributed by atoms with Crippen LogP contribution in [-0.4, -0.2) is 37.2 Å². The van der Waals surface area contributed by atoms with Gasteiger partial charge in [0, 0.05) is 19.3 Å². The monoisotopic (exact) mass is 873 g/mol. The van der Waals surface area contributed by atoms with Gasteiger partial charge >= 0.3 is 17.9 Å². The Hall–Kier alpha value is -2.11. The third kappa shape index (κ3) is 48.9. The Morgan fingerprint density at radius 1 is 0.306 bits per heavy atom. The zero-order valence-electron chi connectivity index (χ0n) is 41.7. The molecule has 0 aromatic carbocycles. The number of carbonyl (C=O) groups excluding carboxylic acids is 3. The first kappa shape index (κ1) is 59.9. The van der Waals surface area contributed by atoms with E-state index in [9.17, 15) is 14.4 Å². The summed E-state index contributed by atoms with van der Waals surface area (Å²) >= 11 is 0. The second-order valence-electron chi connectivity index (χ2n) is 18.5. The Labute approximate surface area is 385 Å². The van der Waals surface area contributed by atoms with E-state index in [4.69, 9.17) is 14.2 Å². The van der Waals surface area contributed by atoms with Crippen LogP contribution in [0.2, 0.25) is 0 Å². The van der Waals surface area contributed by atoms with Crippen molar-refractivity contribution in [1.29, 1.82) is 0 Å². The summed E-state index contributed by atoms with van der Waals surface area (Å²) in [5, 5.41) is 0. The van der Waals surface area contributed by atoms with Gasteiger partial charge in [-0.3, -0.25) is 14.4 Å².